The van der Waals surface area contributed by atoms with E-state index in [4.69, 9.17) is 10.1 Å². The molecule has 0 saturated carbocycles. The van der Waals surface area contributed by atoms with Gasteiger partial charge in [-0.1, -0.05) is 0 Å². The monoisotopic (exact) mass is 242 g/mol. The van der Waals surface area contributed by atoms with E-state index in [9.17, 15) is 9.90 Å². The van der Waals surface area contributed by atoms with Crippen LogP contribution < -0.4 is 5.32 Å². The summed E-state index contributed by atoms with van der Waals surface area (Å²) < 4.78 is 4.83. The van der Waals surface area contributed by atoms with E-state index >= 15 is 0 Å². The van der Waals surface area contributed by atoms with Gasteiger partial charge in [0.2, 0.25) is 0 Å². The van der Waals surface area contributed by atoms with Gasteiger partial charge in [0.05, 0.1) is 17.8 Å². The first-order valence-electron chi connectivity index (χ1n) is 5.66. The van der Waals surface area contributed by atoms with Gasteiger partial charge in [-0.25, -0.2) is 4.79 Å². The van der Waals surface area contributed by atoms with Gasteiger partial charge in [0.25, 0.3) is 0 Å². The first-order chi connectivity index (χ1) is 7.81. The molecule has 5 heteroatoms. The molecule has 0 aliphatic heterocycles. The van der Waals surface area contributed by atoms with Crippen molar-refractivity contribution < 1.29 is 14.6 Å². The van der Waals surface area contributed by atoms with Gasteiger partial charge in [0, 0.05) is 18.5 Å². The quantitative estimate of drug-likeness (QED) is 0.356. The van der Waals surface area contributed by atoms with Crippen LogP contribution in [-0.2, 0) is 9.53 Å². The van der Waals surface area contributed by atoms with Crippen molar-refractivity contribution in [2.45, 2.75) is 39.7 Å². The number of allylic oxidation sites excluding steroid dienone is 1. The highest BCUT2D eigenvalue weighted by Gasteiger charge is 2.14. The summed E-state index contributed by atoms with van der Waals surface area (Å²) in [5.41, 5.74) is 0.0486. The van der Waals surface area contributed by atoms with Crippen LogP contribution in [0.5, 0.6) is 0 Å². The summed E-state index contributed by atoms with van der Waals surface area (Å²) in [6, 6.07) is 0. The molecule has 5 nitrogen and oxygen atoms in total. The second-order valence-corrected chi connectivity index (χ2v) is 4.39. The van der Waals surface area contributed by atoms with E-state index in [0.29, 0.717) is 18.7 Å². The number of aliphatic hydroxyl groups is 1. The van der Waals surface area contributed by atoms with E-state index in [2.05, 4.69) is 5.32 Å². The average Bonchev–Trinajstić information content (AvgIpc) is 2.17. The molecule has 0 saturated heterocycles. The van der Waals surface area contributed by atoms with Crippen LogP contribution in [0.25, 0.3) is 0 Å². The van der Waals surface area contributed by atoms with Gasteiger partial charge in [-0.2, -0.15) is 0 Å². The van der Waals surface area contributed by atoms with E-state index in [1.165, 1.54) is 0 Å². The molecule has 0 heterocycles. The molecule has 0 atom stereocenters. The molecule has 0 rings (SSSR count). The maximum atomic E-state index is 11.5. The van der Waals surface area contributed by atoms with E-state index < -0.39 is 11.6 Å². The molecule has 0 aromatic heterocycles. The Kier molecular flexibility index (Phi) is 6.50. The van der Waals surface area contributed by atoms with E-state index in [1.54, 1.807) is 27.7 Å². The van der Waals surface area contributed by atoms with Crippen LogP contribution >= 0.6 is 0 Å². The van der Waals surface area contributed by atoms with Crippen molar-refractivity contribution >= 4 is 12.2 Å². The largest absolute Gasteiger partial charge is 0.462 e. The zero-order valence-electron chi connectivity index (χ0n) is 11.0. The van der Waals surface area contributed by atoms with Crippen LogP contribution in [0.3, 0.4) is 0 Å². The minimum atomic E-state index is -0.748. The van der Waals surface area contributed by atoms with Crippen molar-refractivity contribution in [3.8, 4) is 0 Å². The van der Waals surface area contributed by atoms with Crippen molar-refractivity contribution in [1.82, 2.24) is 5.32 Å². The lowest BCUT2D eigenvalue weighted by Crippen LogP contribution is -2.27. The molecule has 17 heavy (non-hydrogen) atoms. The molecule has 98 valence electrons. The number of nitrogens with one attached hydrogen (secondary N) is 2. The average molecular weight is 242 g/mol. The van der Waals surface area contributed by atoms with E-state index in [0.717, 1.165) is 6.21 Å². The van der Waals surface area contributed by atoms with Gasteiger partial charge in [0.1, 0.15) is 0 Å². The van der Waals surface area contributed by atoms with Crippen LogP contribution in [-0.4, -0.2) is 36.0 Å². The van der Waals surface area contributed by atoms with Crippen LogP contribution in [0.2, 0.25) is 0 Å². The molecule has 0 radical (unpaired) electrons. The SMILES string of the molecule is CCOC(=O)/C(C=N)=C(\C)NCCC(C)(C)O. The molecular weight excluding hydrogens is 220 g/mol. The van der Waals surface area contributed by atoms with Crippen LogP contribution in [0.15, 0.2) is 11.3 Å². The summed E-state index contributed by atoms with van der Waals surface area (Å²) in [7, 11) is 0. The second-order valence-electron chi connectivity index (χ2n) is 4.39. The summed E-state index contributed by atoms with van der Waals surface area (Å²) in [6.45, 7) is 7.69. The van der Waals surface area contributed by atoms with Crippen molar-refractivity contribution in [2.75, 3.05) is 13.2 Å². The molecule has 0 unspecified atom stereocenters. The van der Waals surface area contributed by atoms with Crippen LogP contribution in [0.1, 0.15) is 34.1 Å². The highest BCUT2D eigenvalue weighted by atomic mass is 16.5. The zero-order chi connectivity index (χ0) is 13.5. The topological polar surface area (TPSA) is 82.4 Å². The van der Waals surface area contributed by atoms with E-state index in [-0.39, 0.29) is 12.2 Å². The molecule has 0 spiro atoms. The highest BCUT2D eigenvalue weighted by Crippen LogP contribution is 2.07. The number of hydrogen-bond acceptors (Lipinski definition) is 5. The molecule has 0 bridgehead atoms. The predicted molar refractivity (Wildman–Crippen MR) is 67.0 cm³/mol. The Bertz CT molecular complexity index is 303. The van der Waals surface area contributed by atoms with Crippen LogP contribution in [0, 0.1) is 5.41 Å². The molecule has 0 fully saturated rings. The third kappa shape index (κ3) is 6.73. The fourth-order valence-electron chi connectivity index (χ4n) is 1.18. The lowest BCUT2D eigenvalue weighted by molar-refractivity contribution is -0.137. The Morgan fingerprint density at radius 2 is 2.12 bits per heavy atom. The summed E-state index contributed by atoms with van der Waals surface area (Å²) in [5, 5.41) is 19.7. The zero-order valence-corrected chi connectivity index (χ0v) is 11.0. The molecule has 3 N–H and O–H groups in total. The summed E-state index contributed by atoms with van der Waals surface area (Å²) in [5.74, 6) is -0.504. The van der Waals surface area contributed by atoms with Gasteiger partial charge in [-0.3, -0.25) is 0 Å². The molecule has 0 aliphatic rings. The van der Waals surface area contributed by atoms with Crippen molar-refractivity contribution in [1.29, 1.82) is 5.41 Å². The predicted octanol–water partition coefficient (Wildman–Crippen LogP) is 1.22. The normalized spacial score (nSPS) is 12.8. The van der Waals surface area contributed by atoms with Crippen molar-refractivity contribution in [3.05, 3.63) is 11.3 Å². The maximum absolute atomic E-state index is 11.5. The van der Waals surface area contributed by atoms with E-state index in [1.807, 2.05) is 0 Å². The Morgan fingerprint density at radius 1 is 1.53 bits per heavy atom. The first kappa shape index (κ1) is 15.6. The lowest BCUT2D eigenvalue weighted by atomic mass is 10.1. The summed E-state index contributed by atoms with van der Waals surface area (Å²) in [6.07, 6.45) is 1.53. The first-order valence-corrected chi connectivity index (χ1v) is 5.66. The number of hydrogen-bond donors (Lipinski definition) is 3. The fraction of sp³-hybridized carbons (Fsp3) is 0.667. The summed E-state index contributed by atoms with van der Waals surface area (Å²) >= 11 is 0. The number of carbonyl (C=O) groups is 1. The Balaban J connectivity index is 4.44. The minimum absolute atomic E-state index is 0.211. The van der Waals surface area contributed by atoms with Gasteiger partial charge >= 0.3 is 5.97 Å². The van der Waals surface area contributed by atoms with Crippen molar-refractivity contribution in [2.24, 2.45) is 0 Å². The Hall–Kier alpha value is -1.36. The van der Waals surface area contributed by atoms with Gasteiger partial charge in [-0.05, 0) is 34.1 Å². The van der Waals surface area contributed by atoms with Crippen molar-refractivity contribution in [3.63, 3.8) is 0 Å². The summed E-state index contributed by atoms with van der Waals surface area (Å²) in [4.78, 5) is 11.5. The van der Waals surface area contributed by atoms with Gasteiger partial charge in [0.15, 0.2) is 0 Å². The maximum Gasteiger partial charge on any atom is 0.341 e. The van der Waals surface area contributed by atoms with Gasteiger partial charge in [-0.15, -0.1) is 0 Å². The highest BCUT2D eigenvalue weighted by molar-refractivity contribution is 6.09. The number of ether oxygens (including phenoxy) is 1. The smallest absolute Gasteiger partial charge is 0.341 e. The molecule has 0 aromatic carbocycles. The Morgan fingerprint density at radius 3 is 2.53 bits per heavy atom. The minimum Gasteiger partial charge on any atom is -0.462 e. The molecular formula is C12H22N2O3. The molecule has 0 aliphatic carbocycles. The van der Waals surface area contributed by atoms with Crippen LogP contribution in [0.4, 0.5) is 0 Å². The number of esters is 1. The second kappa shape index (κ2) is 7.06. The standard InChI is InChI=1S/C12H22N2O3/c1-5-17-11(15)10(8-13)9(2)14-7-6-12(3,4)16/h8,13-14,16H,5-7H2,1-4H3/b10-9+,13-8?. The molecule has 0 aromatic rings. The molecule has 0 amide bonds. The number of rotatable bonds is 7. The third-order valence-corrected chi connectivity index (χ3v) is 2.17. The number of carbonyl (C=O) groups excluding carboxylic acids is 1. The lowest BCUT2D eigenvalue weighted by Gasteiger charge is -2.18. The fourth-order valence-corrected chi connectivity index (χ4v) is 1.18. The van der Waals surface area contributed by atoms with Gasteiger partial charge < -0.3 is 20.6 Å². The third-order valence-electron chi connectivity index (χ3n) is 2.17. The Labute approximate surface area is 102 Å².